The summed E-state index contributed by atoms with van der Waals surface area (Å²) < 4.78 is 12.4. The van der Waals surface area contributed by atoms with Gasteiger partial charge in [0.2, 0.25) is 0 Å². The molecule has 1 saturated heterocycles. The van der Waals surface area contributed by atoms with Crippen molar-refractivity contribution in [3.05, 3.63) is 65.3 Å². The van der Waals surface area contributed by atoms with E-state index in [-0.39, 0.29) is 5.91 Å². The van der Waals surface area contributed by atoms with Crippen LogP contribution in [0.2, 0.25) is 5.02 Å². The number of rotatable bonds is 4. The van der Waals surface area contributed by atoms with Gasteiger partial charge in [0.15, 0.2) is 0 Å². The Kier molecular flexibility index (Phi) is 5.32. The highest BCUT2D eigenvalue weighted by Gasteiger charge is 2.24. The quantitative estimate of drug-likeness (QED) is 0.674. The van der Waals surface area contributed by atoms with Gasteiger partial charge in [-0.1, -0.05) is 23.7 Å². The summed E-state index contributed by atoms with van der Waals surface area (Å²) in [6, 6.07) is 16.7. The molecule has 144 valence electrons. The Morgan fingerprint density at radius 1 is 1.11 bits per heavy atom. The lowest BCUT2D eigenvalue weighted by molar-refractivity contribution is 0.0297. The summed E-state index contributed by atoms with van der Waals surface area (Å²) in [5, 5.41) is 5.34. The topological polar surface area (TPSA) is 56.6 Å². The van der Waals surface area contributed by atoms with Gasteiger partial charge in [-0.15, -0.1) is 0 Å². The smallest absolute Gasteiger partial charge is 0.272 e. The third kappa shape index (κ3) is 3.74. The van der Waals surface area contributed by atoms with Crippen LogP contribution in [0.4, 0.5) is 0 Å². The molecule has 2 heterocycles. The first-order valence-electron chi connectivity index (χ1n) is 9.03. The second-order valence-electron chi connectivity index (χ2n) is 6.44. The molecule has 2 aromatic carbocycles. The van der Waals surface area contributed by atoms with Gasteiger partial charge in [0.1, 0.15) is 11.4 Å². The monoisotopic (exact) mass is 397 g/mol. The van der Waals surface area contributed by atoms with E-state index < -0.39 is 0 Å². The molecule has 0 unspecified atom stereocenters. The molecular formula is C21H20ClN3O3. The molecule has 1 aromatic heterocycles. The maximum absolute atomic E-state index is 13.2. The van der Waals surface area contributed by atoms with E-state index >= 15 is 0 Å². The van der Waals surface area contributed by atoms with E-state index in [1.807, 2.05) is 42.5 Å². The van der Waals surface area contributed by atoms with Gasteiger partial charge < -0.3 is 14.4 Å². The Morgan fingerprint density at radius 3 is 2.57 bits per heavy atom. The molecule has 1 aliphatic heterocycles. The molecule has 0 atom stereocenters. The molecule has 4 rings (SSSR count). The number of aromatic nitrogens is 2. The van der Waals surface area contributed by atoms with Gasteiger partial charge in [-0.3, -0.25) is 4.79 Å². The van der Waals surface area contributed by atoms with E-state index in [0.717, 1.165) is 17.0 Å². The maximum Gasteiger partial charge on any atom is 0.272 e. The summed E-state index contributed by atoms with van der Waals surface area (Å²) in [4.78, 5) is 15.0. The van der Waals surface area contributed by atoms with Crippen LogP contribution in [0.15, 0.2) is 54.6 Å². The van der Waals surface area contributed by atoms with E-state index in [1.165, 1.54) is 0 Å². The zero-order valence-electron chi connectivity index (χ0n) is 15.5. The Labute approximate surface area is 168 Å². The highest BCUT2D eigenvalue weighted by atomic mass is 35.5. The molecule has 0 spiro atoms. The summed E-state index contributed by atoms with van der Waals surface area (Å²) >= 11 is 6.03. The number of amides is 1. The van der Waals surface area contributed by atoms with Crippen LogP contribution < -0.4 is 4.74 Å². The number of nitrogens with zero attached hydrogens (tertiary/aromatic N) is 3. The third-order valence-electron chi connectivity index (χ3n) is 4.66. The number of hydrogen-bond acceptors (Lipinski definition) is 4. The summed E-state index contributed by atoms with van der Waals surface area (Å²) in [7, 11) is 1.62. The molecule has 1 fully saturated rings. The van der Waals surface area contributed by atoms with Crippen LogP contribution in [0, 0.1) is 0 Å². The van der Waals surface area contributed by atoms with E-state index in [2.05, 4.69) is 0 Å². The molecule has 7 heteroatoms. The van der Waals surface area contributed by atoms with Crippen LogP contribution in [0.3, 0.4) is 0 Å². The first-order chi connectivity index (χ1) is 13.7. The van der Waals surface area contributed by atoms with Crippen LogP contribution >= 0.6 is 11.6 Å². The van der Waals surface area contributed by atoms with Crippen molar-refractivity contribution in [1.29, 1.82) is 0 Å². The van der Waals surface area contributed by atoms with Crippen LogP contribution in [0.25, 0.3) is 16.9 Å². The second kappa shape index (κ2) is 8.04. The average Bonchev–Trinajstić information content (AvgIpc) is 3.20. The lowest BCUT2D eigenvalue weighted by Gasteiger charge is -2.26. The molecule has 0 bridgehead atoms. The molecule has 3 aromatic rings. The highest BCUT2D eigenvalue weighted by Crippen LogP contribution is 2.26. The Morgan fingerprint density at radius 2 is 1.86 bits per heavy atom. The van der Waals surface area contributed by atoms with E-state index in [0.29, 0.717) is 42.7 Å². The third-order valence-corrected chi connectivity index (χ3v) is 4.92. The van der Waals surface area contributed by atoms with Crippen LogP contribution in [0.1, 0.15) is 10.5 Å². The Balaban J connectivity index is 1.79. The van der Waals surface area contributed by atoms with Gasteiger partial charge >= 0.3 is 0 Å². The average molecular weight is 398 g/mol. The number of methoxy groups -OCH3 is 1. The lowest BCUT2D eigenvalue weighted by atomic mass is 10.1. The minimum Gasteiger partial charge on any atom is -0.497 e. The van der Waals surface area contributed by atoms with Crippen molar-refractivity contribution in [3.63, 3.8) is 0 Å². The van der Waals surface area contributed by atoms with Crippen molar-refractivity contribution in [1.82, 2.24) is 14.7 Å². The molecule has 0 radical (unpaired) electrons. The van der Waals surface area contributed by atoms with Crippen molar-refractivity contribution in [3.8, 4) is 22.7 Å². The van der Waals surface area contributed by atoms with Gasteiger partial charge in [0.05, 0.1) is 31.7 Å². The van der Waals surface area contributed by atoms with Crippen LogP contribution in [-0.2, 0) is 4.74 Å². The van der Waals surface area contributed by atoms with E-state index in [4.69, 9.17) is 26.2 Å². The van der Waals surface area contributed by atoms with Gasteiger partial charge in [-0.05, 0) is 42.5 Å². The molecule has 28 heavy (non-hydrogen) atoms. The normalized spacial score (nSPS) is 14.1. The summed E-state index contributed by atoms with van der Waals surface area (Å²) in [5.41, 5.74) is 2.85. The standard InChI is InChI=1S/C21H20ClN3O3/c1-27-18-4-2-3-15(13-18)19-14-20(21(26)24-9-11-28-12-10-24)25(23-19)17-7-5-16(22)6-8-17/h2-8,13-14H,9-12H2,1H3. The molecule has 1 aliphatic rings. The van der Waals surface area contributed by atoms with Crippen LogP contribution in [-0.4, -0.2) is 54.0 Å². The van der Waals surface area contributed by atoms with Crippen molar-refractivity contribution in [2.24, 2.45) is 0 Å². The van der Waals surface area contributed by atoms with Crippen molar-refractivity contribution in [2.75, 3.05) is 33.4 Å². The van der Waals surface area contributed by atoms with Gasteiger partial charge in [0, 0.05) is 23.7 Å². The molecule has 6 nitrogen and oxygen atoms in total. The zero-order chi connectivity index (χ0) is 19.5. The maximum atomic E-state index is 13.2. The Hall–Kier alpha value is -2.83. The number of carbonyl (C=O) groups is 1. The number of morpholine rings is 1. The number of hydrogen-bond donors (Lipinski definition) is 0. The summed E-state index contributed by atoms with van der Waals surface area (Å²) in [6.07, 6.45) is 0. The highest BCUT2D eigenvalue weighted by molar-refractivity contribution is 6.30. The predicted molar refractivity (Wildman–Crippen MR) is 107 cm³/mol. The van der Waals surface area contributed by atoms with Gasteiger partial charge in [-0.2, -0.15) is 5.10 Å². The zero-order valence-corrected chi connectivity index (χ0v) is 16.2. The first-order valence-corrected chi connectivity index (χ1v) is 9.41. The minimum absolute atomic E-state index is 0.0695. The molecule has 1 amide bonds. The van der Waals surface area contributed by atoms with Gasteiger partial charge in [0.25, 0.3) is 5.91 Å². The van der Waals surface area contributed by atoms with Gasteiger partial charge in [-0.25, -0.2) is 4.68 Å². The first kappa shape index (κ1) is 18.5. The van der Waals surface area contributed by atoms with Crippen molar-refractivity contribution < 1.29 is 14.3 Å². The molecule has 0 saturated carbocycles. The number of benzene rings is 2. The number of halogens is 1. The van der Waals surface area contributed by atoms with Crippen molar-refractivity contribution >= 4 is 17.5 Å². The van der Waals surface area contributed by atoms with E-state index in [1.54, 1.807) is 28.8 Å². The molecular weight excluding hydrogens is 378 g/mol. The summed E-state index contributed by atoms with van der Waals surface area (Å²) in [5.74, 6) is 0.666. The number of ether oxygens (including phenoxy) is 2. The fraction of sp³-hybridized carbons (Fsp3) is 0.238. The fourth-order valence-electron chi connectivity index (χ4n) is 3.16. The minimum atomic E-state index is -0.0695. The Bertz CT molecular complexity index is 979. The van der Waals surface area contributed by atoms with Crippen molar-refractivity contribution in [2.45, 2.75) is 0 Å². The number of carbonyl (C=O) groups excluding carboxylic acids is 1. The van der Waals surface area contributed by atoms with Crippen LogP contribution in [0.5, 0.6) is 5.75 Å². The predicted octanol–water partition coefficient (Wildman–Crippen LogP) is 3.67. The fourth-order valence-corrected chi connectivity index (χ4v) is 3.29. The molecule has 0 aliphatic carbocycles. The second-order valence-corrected chi connectivity index (χ2v) is 6.88. The largest absolute Gasteiger partial charge is 0.497 e. The SMILES string of the molecule is COc1cccc(-c2cc(C(=O)N3CCOCC3)n(-c3ccc(Cl)cc3)n2)c1. The van der Waals surface area contributed by atoms with E-state index in [9.17, 15) is 4.79 Å². The molecule has 0 N–H and O–H groups in total. The lowest BCUT2D eigenvalue weighted by Crippen LogP contribution is -2.41. The summed E-state index contributed by atoms with van der Waals surface area (Å²) in [6.45, 7) is 2.23.